The predicted molar refractivity (Wildman–Crippen MR) is 103 cm³/mol. The van der Waals surface area contributed by atoms with Crippen LogP contribution >= 0.6 is 23.2 Å². The molecule has 4 nitrogen and oxygen atoms in total. The highest BCUT2D eigenvalue weighted by Gasteiger charge is 2.33. The van der Waals surface area contributed by atoms with Gasteiger partial charge in [-0.25, -0.2) is 4.98 Å². The van der Waals surface area contributed by atoms with Crippen molar-refractivity contribution in [2.45, 2.75) is 18.9 Å². The first kappa shape index (κ1) is 17.1. The van der Waals surface area contributed by atoms with Crippen molar-refractivity contribution in [2.75, 3.05) is 6.54 Å². The summed E-state index contributed by atoms with van der Waals surface area (Å²) in [4.78, 5) is 22.7. The molecule has 4 rings (SSSR count). The summed E-state index contributed by atoms with van der Waals surface area (Å²) in [7, 11) is 0. The summed E-state index contributed by atoms with van der Waals surface area (Å²) in [6.07, 6.45) is 3.57. The van der Waals surface area contributed by atoms with Gasteiger partial charge in [-0.1, -0.05) is 53.5 Å². The molecule has 0 unspecified atom stereocenters. The van der Waals surface area contributed by atoms with E-state index in [1.54, 1.807) is 18.3 Å². The van der Waals surface area contributed by atoms with Crippen LogP contribution in [0, 0.1) is 0 Å². The molecule has 0 radical (unpaired) electrons. The molecule has 3 aromatic rings. The molecule has 1 saturated heterocycles. The Hall–Kier alpha value is -2.30. The second-order valence-electron chi connectivity index (χ2n) is 6.30. The fourth-order valence-corrected chi connectivity index (χ4v) is 3.86. The Morgan fingerprint density at radius 3 is 2.58 bits per heavy atom. The lowest BCUT2D eigenvalue weighted by atomic mass is 10.1. The summed E-state index contributed by atoms with van der Waals surface area (Å²) in [5.74, 6) is 0.714. The molecule has 0 saturated carbocycles. The Bertz CT molecular complexity index is 953. The van der Waals surface area contributed by atoms with Gasteiger partial charge < -0.3 is 9.88 Å². The summed E-state index contributed by atoms with van der Waals surface area (Å²) >= 11 is 12.5. The number of nitrogens with one attached hydrogen (secondary N) is 1. The number of imidazole rings is 1. The van der Waals surface area contributed by atoms with E-state index in [1.807, 2.05) is 41.3 Å². The van der Waals surface area contributed by atoms with Crippen LogP contribution in [0.5, 0.6) is 0 Å². The summed E-state index contributed by atoms with van der Waals surface area (Å²) in [5.41, 5.74) is 2.27. The number of hydrogen-bond acceptors (Lipinski definition) is 2. The molecule has 2 heterocycles. The number of rotatable bonds is 3. The van der Waals surface area contributed by atoms with Gasteiger partial charge in [0.15, 0.2) is 0 Å². The first-order chi connectivity index (χ1) is 12.6. The van der Waals surface area contributed by atoms with Gasteiger partial charge in [0, 0.05) is 17.1 Å². The molecule has 1 aliphatic rings. The molecule has 2 aromatic carbocycles. The van der Waals surface area contributed by atoms with Crippen LogP contribution in [0.15, 0.2) is 54.7 Å². The number of benzene rings is 2. The summed E-state index contributed by atoms with van der Waals surface area (Å²) in [6, 6.07) is 14.7. The molecule has 1 aromatic heterocycles. The molecule has 132 valence electrons. The molecule has 26 heavy (non-hydrogen) atoms. The number of carbonyl (C=O) groups is 1. The summed E-state index contributed by atoms with van der Waals surface area (Å²) < 4.78 is 0. The van der Waals surface area contributed by atoms with Crippen molar-refractivity contribution >= 4 is 29.1 Å². The third-order valence-corrected chi connectivity index (χ3v) is 5.35. The van der Waals surface area contributed by atoms with E-state index in [-0.39, 0.29) is 11.9 Å². The van der Waals surface area contributed by atoms with Crippen LogP contribution in [-0.2, 0) is 0 Å². The van der Waals surface area contributed by atoms with Crippen LogP contribution in [-0.4, -0.2) is 27.3 Å². The van der Waals surface area contributed by atoms with Crippen molar-refractivity contribution in [3.8, 4) is 11.3 Å². The highest BCUT2D eigenvalue weighted by atomic mass is 35.5. The van der Waals surface area contributed by atoms with Crippen molar-refractivity contribution in [3.63, 3.8) is 0 Å². The number of halogens is 2. The molecule has 6 heteroatoms. The minimum Gasteiger partial charge on any atom is -0.340 e. The van der Waals surface area contributed by atoms with E-state index in [9.17, 15) is 4.79 Å². The maximum Gasteiger partial charge on any atom is 0.255 e. The smallest absolute Gasteiger partial charge is 0.255 e. The van der Waals surface area contributed by atoms with E-state index < -0.39 is 0 Å². The Labute approximate surface area is 161 Å². The molecule has 1 fully saturated rings. The van der Waals surface area contributed by atoms with Crippen LogP contribution in [0.25, 0.3) is 11.3 Å². The van der Waals surface area contributed by atoms with Gasteiger partial charge in [-0.3, -0.25) is 4.79 Å². The maximum absolute atomic E-state index is 13.0. The van der Waals surface area contributed by atoms with Crippen molar-refractivity contribution < 1.29 is 4.79 Å². The lowest BCUT2D eigenvalue weighted by molar-refractivity contribution is 0.0730. The van der Waals surface area contributed by atoms with Crippen LogP contribution in [0.2, 0.25) is 10.0 Å². The molecule has 1 amide bonds. The van der Waals surface area contributed by atoms with Crippen LogP contribution in [0.1, 0.15) is 35.1 Å². The van der Waals surface area contributed by atoms with Crippen LogP contribution in [0.3, 0.4) is 0 Å². The highest BCUT2D eigenvalue weighted by molar-refractivity contribution is 6.34. The van der Waals surface area contributed by atoms with E-state index in [4.69, 9.17) is 23.2 Å². The lowest BCUT2D eigenvalue weighted by Gasteiger charge is -2.23. The minimum absolute atomic E-state index is 0.0613. The standard InChI is InChI=1S/C20H17Cl2N3O/c21-15-8-3-1-6-13(15)17-12-23-19(24-17)18-10-5-11-25(18)20(26)14-7-2-4-9-16(14)22/h1-4,6-9,12,18H,5,10-11H2,(H,23,24)/t18-/m0/s1. The molecule has 0 bridgehead atoms. The van der Waals surface area contributed by atoms with E-state index in [0.29, 0.717) is 22.2 Å². The van der Waals surface area contributed by atoms with E-state index in [0.717, 1.165) is 29.9 Å². The quantitative estimate of drug-likeness (QED) is 0.659. The molecular weight excluding hydrogens is 369 g/mol. The van der Waals surface area contributed by atoms with E-state index in [1.165, 1.54) is 0 Å². The Balaban J connectivity index is 1.63. The molecule has 1 aliphatic heterocycles. The fourth-order valence-electron chi connectivity index (χ4n) is 3.41. The number of H-pyrrole nitrogens is 1. The van der Waals surface area contributed by atoms with Crippen molar-refractivity contribution in [2.24, 2.45) is 0 Å². The Morgan fingerprint density at radius 1 is 1.08 bits per heavy atom. The zero-order valence-electron chi connectivity index (χ0n) is 14.0. The highest BCUT2D eigenvalue weighted by Crippen LogP contribution is 2.34. The average molecular weight is 386 g/mol. The Morgan fingerprint density at radius 2 is 1.81 bits per heavy atom. The topological polar surface area (TPSA) is 49.0 Å². The molecule has 1 atom stereocenters. The number of nitrogens with zero attached hydrogens (tertiary/aromatic N) is 2. The number of carbonyl (C=O) groups excluding carboxylic acids is 1. The Kier molecular flexibility index (Phi) is 4.70. The summed E-state index contributed by atoms with van der Waals surface area (Å²) in [5, 5.41) is 1.14. The van der Waals surface area contributed by atoms with Crippen molar-refractivity contribution in [1.29, 1.82) is 0 Å². The van der Waals surface area contributed by atoms with Gasteiger partial charge >= 0.3 is 0 Å². The second-order valence-corrected chi connectivity index (χ2v) is 7.11. The maximum atomic E-state index is 13.0. The third-order valence-electron chi connectivity index (χ3n) is 4.69. The average Bonchev–Trinajstić information content (AvgIpc) is 3.31. The van der Waals surface area contributed by atoms with Gasteiger partial charge in [0.25, 0.3) is 5.91 Å². The molecular formula is C20H17Cl2N3O. The normalized spacial score (nSPS) is 16.8. The van der Waals surface area contributed by atoms with Gasteiger partial charge in [-0.15, -0.1) is 0 Å². The van der Waals surface area contributed by atoms with Gasteiger partial charge in [0.2, 0.25) is 0 Å². The third kappa shape index (κ3) is 3.11. The van der Waals surface area contributed by atoms with Crippen LogP contribution in [0.4, 0.5) is 0 Å². The van der Waals surface area contributed by atoms with E-state index >= 15 is 0 Å². The zero-order valence-corrected chi connectivity index (χ0v) is 15.5. The van der Waals surface area contributed by atoms with Crippen molar-refractivity contribution in [3.05, 3.63) is 76.2 Å². The molecule has 1 N–H and O–H groups in total. The lowest BCUT2D eigenvalue weighted by Crippen LogP contribution is -2.31. The fraction of sp³-hybridized carbons (Fsp3) is 0.200. The van der Waals surface area contributed by atoms with Gasteiger partial charge in [0.05, 0.1) is 28.5 Å². The molecule has 0 spiro atoms. The number of amides is 1. The first-order valence-corrected chi connectivity index (χ1v) is 9.26. The second kappa shape index (κ2) is 7.14. The number of likely N-dealkylation sites (tertiary alicyclic amines) is 1. The summed E-state index contributed by atoms with van der Waals surface area (Å²) in [6.45, 7) is 0.691. The van der Waals surface area contributed by atoms with Gasteiger partial charge in [-0.2, -0.15) is 0 Å². The number of aromatic amines is 1. The monoisotopic (exact) mass is 385 g/mol. The van der Waals surface area contributed by atoms with Crippen molar-refractivity contribution in [1.82, 2.24) is 14.9 Å². The first-order valence-electron chi connectivity index (χ1n) is 8.50. The number of aromatic nitrogens is 2. The van der Waals surface area contributed by atoms with Gasteiger partial charge in [0.1, 0.15) is 5.82 Å². The van der Waals surface area contributed by atoms with Crippen LogP contribution < -0.4 is 0 Å². The van der Waals surface area contributed by atoms with Gasteiger partial charge in [-0.05, 0) is 31.0 Å². The predicted octanol–water partition coefficient (Wildman–Crippen LogP) is 5.36. The SMILES string of the molecule is O=C(c1ccccc1Cl)N1CCC[C@H]1c1ncc(-c2ccccc2Cl)[nH]1. The largest absolute Gasteiger partial charge is 0.340 e. The number of hydrogen-bond donors (Lipinski definition) is 1. The van der Waals surface area contributed by atoms with E-state index in [2.05, 4.69) is 9.97 Å². The molecule has 0 aliphatic carbocycles. The zero-order chi connectivity index (χ0) is 18.1. The minimum atomic E-state index is -0.0880.